The van der Waals surface area contributed by atoms with Crippen LogP contribution in [-0.2, 0) is 9.53 Å². The van der Waals surface area contributed by atoms with Crippen molar-refractivity contribution in [2.75, 3.05) is 12.5 Å². The predicted molar refractivity (Wildman–Crippen MR) is 82.4 cm³/mol. The van der Waals surface area contributed by atoms with Crippen LogP contribution in [0.1, 0.15) is 10.5 Å². The van der Waals surface area contributed by atoms with E-state index >= 15 is 0 Å². The molecule has 0 bridgehead atoms. The van der Waals surface area contributed by atoms with E-state index in [1.54, 1.807) is 0 Å². The van der Waals surface area contributed by atoms with Gasteiger partial charge >= 0.3 is 5.97 Å². The summed E-state index contributed by atoms with van der Waals surface area (Å²) in [7, 11) is 1.09. The smallest absolute Gasteiger partial charge is 0.364 e. The fourth-order valence-corrected chi connectivity index (χ4v) is 1.54. The average Bonchev–Trinajstić information content (AvgIpc) is 2.62. The largest absolute Gasteiger partial charge is 0.464 e. The third-order valence-electron chi connectivity index (χ3n) is 2.70. The molecule has 8 nitrogen and oxygen atoms in total. The van der Waals surface area contributed by atoms with Gasteiger partial charge in [-0.25, -0.2) is 18.6 Å². The molecule has 2 rings (SSSR count). The summed E-state index contributed by atoms with van der Waals surface area (Å²) >= 11 is 0. The molecule has 1 amide bonds. The van der Waals surface area contributed by atoms with Crippen molar-refractivity contribution in [1.29, 1.82) is 0 Å². The third-order valence-corrected chi connectivity index (χ3v) is 2.70. The van der Waals surface area contributed by atoms with Gasteiger partial charge in [0.1, 0.15) is 11.5 Å². The molecule has 0 unspecified atom stereocenters. The lowest BCUT2D eigenvalue weighted by atomic mass is 10.3. The van der Waals surface area contributed by atoms with Gasteiger partial charge < -0.3 is 10.1 Å². The van der Waals surface area contributed by atoms with Crippen molar-refractivity contribution >= 4 is 23.4 Å². The molecule has 0 aliphatic carbocycles. The first-order valence-electron chi connectivity index (χ1n) is 6.70. The highest BCUT2D eigenvalue weighted by molar-refractivity contribution is 6.04. The second-order valence-electron chi connectivity index (χ2n) is 4.37. The quantitative estimate of drug-likeness (QED) is 0.365. The number of hydrogen-bond donors (Lipinski definition) is 2. The van der Waals surface area contributed by atoms with E-state index in [2.05, 4.69) is 36.4 Å². The molecule has 1 aromatic carbocycles. The van der Waals surface area contributed by atoms with Crippen LogP contribution in [0.2, 0.25) is 0 Å². The number of carbonyl (C=O) groups excluding carboxylic acids is 2. The fourth-order valence-electron chi connectivity index (χ4n) is 1.54. The van der Waals surface area contributed by atoms with Crippen LogP contribution in [0.15, 0.2) is 47.6 Å². The summed E-state index contributed by atoms with van der Waals surface area (Å²) in [6.45, 7) is 0. The van der Waals surface area contributed by atoms with Gasteiger partial charge in [0, 0.05) is 24.3 Å². The summed E-state index contributed by atoms with van der Waals surface area (Å²) in [5.41, 5.74) is 1.57. The van der Waals surface area contributed by atoms with Crippen molar-refractivity contribution in [2.24, 2.45) is 5.10 Å². The second kappa shape index (κ2) is 8.27. The maximum Gasteiger partial charge on any atom is 0.364 e. The van der Waals surface area contributed by atoms with Crippen LogP contribution >= 0.6 is 0 Å². The molecule has 0 atom stereocenters. The first kappa shape index (κ1) is 17.7. The molecule has 0 saturated carbocycles. The zero-order valence-corrected chi connectivity index (χ0v) is 12.8. The molecule has 10 heteroatoms. The summed E-state index contributed by atoms with van der Waals surface area (Å²) in [5, 5.41) is 5.69. The molecule has 2 N–H and O–H groups in total. The van der Waals surface area contributed by atoms with E-state index in [-0.39, 0.29) is 11.4 Å². The second-order valence-corrected chi connectivity index (χ2v) is 4.37. The van der Waals surface area contributed by atoms with Gasteiger partial charge in [0.2, 0.25) is 0 Å². The number of aromatic nitrogens is 2. The van der Waals surface area contributed by atoms with Crippen LogP contribution < -0.4 is 10.7 Å². The number of benzene rings is 1. The molecule has 0 aliphatic heterocycles. The molecular formula is C15H11F2N5O3. The van der Waals surface area contributed by atoms with Gasteiger partial charge in [0.15, 0.2) is 11.5 Å². The number of nitrogens with one attached hydrogen (secondary N) is 2. The summed E-state index contributed by atoms with van der Waals surface area (Å²) in [6.07, 6.45) is 3.85. The number of ether oxygens (including phenoxy) is 1. The Morgan fingerprint density at radius 1 is 1.28 bits per heavy atom. The van der Waals surface area contributed by atoms with Crippen molar-refractivity contribution < 1.29 is 23.1 Å². The van der Waals surface area contributed by atoms with Crippen molar-refractivity contribution in [2.45, 2.75) is 0 Å². The van der Waals surface area contributed by atoms with E-state index in [0.29, 0.717) is 6.07 Å². The highest BCUT2D eigenvalue weighted by Crippen LogP contribution is 2.14. The van der Waals surface area contributed by atoms with Gasteiger partial charge in [-0.15, -0.1) is 5.10 Å². The van der Waals surface area contributed by atoms with Gasteiger partial charge in [0.05, 0.1) is 19.0 Å². The summed E-state index contributed by atoms with van der Waals surface area (Å²) < 4.78 is 30.8. The molecule has 1 heterocycles. The zero-order valence-electron chi connectivity index (χ0n) is 12.8. The van der Waals surface area contributed by atoms with E-state index < -0.39 is 29.2 Å². The van der Waals surface area contributed by atoms with Gasteiger partial charge in [0.25, 0.3) is 5.91 Å². The minimum Gasteiger partial charge on any atom is -0.464 e. The minimum atomic E-state index is -0.942. The summed E-state index contributed by atoms with van der Waals surface area (Å²) in [5.74, 6) is -1.16. The van der Waals surface area contributed by atoms with Crippen LogP contribution in [0.4, 0.5) is 14.5 Å². The van der Waals surface area contributed by atoms with Crippen LogP contribution in [0.5, 0.6) is 0 Å². The number of nitrogens with zero attached hydrogens (tertiary/aromatic N) is 3. The van der Waals surface area contributed by atoms with Gasteiger partial charge in [-0.2, -0.15) is 0 Å². The number of methoxy groups -OCH3 is 1. The molecule has 0 saturated heterocycles. The Kier molecular flexibility index (Phi) is 5.86. The highest BCUT2D eigenvalue weighted by atomic mass is 19.1. The SMILES string of the molecule is COC(=O)C(=C=NNc1ccc(F)cc1F)NC(=O)c1cnccn1. The highest BCUT2D eigenvalue weighted by Gasteiger charge is 2.16. The third kappa shape index (κ3) is 4.91. The number of amides is 1. The Morgan fingerprint density at radius 2 is 2.08 bits per heavy atom. The summed E-state index contributed by atoms with van der Waals surface area (Å²) in [6, 6.07) is 2.77. The van der Waals surface area contributed by atoms with Gasteiger partial charge in [-0.1, -0.05) is 0 Å². The molecular weight excluding hydrogens is 336 g/mol. The number of hydrazone groups is 1. The first-order valence-corrected chi connectivity index (χ1v) is 6.70. The maximum absolute atomic E-state index is 13.5. The van der Waals surface area contributed by atoms with Crippen LogP contribution in [-0.4, -0.2) is 34.8 Å². The molecule has 0 spiro atoms. The standard InChI is InChI=1S/C15H11F2N5O3/c1-25-15(24)13(21-14(23)12-7-18-4-5-19-12)8-20-22-11-3-2-9(16)6-10(11)17/h2-7,22H,1H3,(H,21,23). The van der Waals surface area contributed by atoms with Crippen LogP contribution in [0.3, 0.4) is 0 Å². The van der Waals surface area contributed by atoms with E-state index in [4.69, 9.17) is 0 Å². The number of anilines is 1. The van der Waals surface area contributed by atoms with Crippen molar-refractivity contribution in [1.82, 2.24) is 15.3 Å². The van der Waals surface area contributed by atoms with Crippen molar-refractivity contribution in [3.8, 4) is 0 Å². The Balaban J connectivity index is 2.20. The monoisotopic (exact) mass is 347 g/mol. The van der Waals surface area contributed by atoms with Crippen molar-refractivity contribution in [3.63, 3.8) is 0 Å². The zero-order chi connectivity index (χ0) is 18.2. The molecule has 0 radical (unpaired) electrons. The lowest BCUT2D eigenvalue weighted by molar-refractivity contribution is -0.136. The average molecular weight is 347 g/mol. The first-order chi connectivity index (χ1) is 12.0. The number of esters is 1. The molecule has 128 valence electrons. The van der Waals surface area contributed by atoms with Crippen LogP contribution in [0, 0.1) is 11.6 Å². The molecule has 1 aromatic heterocycles. The number of hydrogen-bond acceptors (Lipinski definition) is 7. The lowest BCUT2D eigenvalue weighted by Gasteiger charge is -2.04. The molecule has 2 aromatic rings. The normalized spacial score (nSPS) is 9.56. The number of halogens is 2. The Labute approximate surface area is 140 Å². The fraction of sp³-hybridized carbons (Fsp3) is 0.0667. The Hall–Kier alpha value is -3.65. The topological polar surface area (TPSA) is 106 Å². The maximum atomic E-state index is 13.5. The molecule has 0 fully saturated rings. The van der Waals surface area contributed by atoms with E-state index in [0.717, 1.165) is 19.2 Å². The predicted octanol–water partition coefficient (Wildman–Crippen LogP) is 1.24. The van der Waals surface area contributed by atoms with E-state index in [1.807, 2.05) is 0 Å². The van der Waals surface area contributed by atoms with E-state index in [1.165, 1.54) is 18.6 Å². The van der Waals surface area contributed by atoms with Gasteiger partial charge in [-0.05, 0) is 12.1 Å². The Morgan fingerprint density at radius 3 is 2.72 bits per heavy atom. The lowest BCUT2D eigenvalue weighted by Crippen LogP contribution is -2.29. The molecule has 0 aliphatic rings. The number of carbonyl (C=O) groups is 2. The molecule has 25 heavy (non-hydrogen) atoms. The van der Waals surface area contributed by atoms with Crippen molar-refractivity contribution in [3.05, 3.63) is 59.8 Å². The number of rotatable bonds is 5. The van der Waals surface area contributed by atoms with Gasteiger partial charge in [-0.3, -0.25) is 15.2 Å². The van der Waals surface area contributed by atoms with Crippen LogP contribution in [0.25, 0.3) is 0 Å². The Bertz CT molecular complexity index is 852. The minimum absolute atomic E-state index is 0.0526. The summed E-state index contributed by atoms with van der Waals surface area (Å²) in [4.78, 5) is 31.1. The van der Waals surface area contributed by atoms with E-state index in [9.17, 15) is 18.4 Å².